The molecule has 0 aliphatic rings. The van der Waals surface area contributed by atoms with Crippen molar-refractivity contribution in [1.29, 1.82) is 0 Å². The lowest BCUT2D eigenvalue weighted by Gasteiger charge is -2.11. The van der Waals surface area contributed by atoms with Gasteiger partial charge in [-0.3, -0.25) is 14.4 Å². The molecule has 8 nitrogen and oxygen atoms in total. The Morgan fingerprint density at radius 1 is 0.806 bits per heavy atom. The summed E-state index contributed by atoms with van der Waals surface area (Å²) in [5, 5.41) is 19.3. The molecule has 0 spiro atoms. The lowest BCUT2D eigenvalue weighted by Crippen LogP contribution is -2.32. The normalized spacial score (nSPS) is 11.1. The zero-order valence-corrected chi connectivity index (χ0v) is 17.2. The molecule has 2 aromatic rings. The molecule has 2 aromatic carbocycles. The zero-order chi connectivity index (χ0) is 23.0. The average Bonchev–Trinajstić information content (AvgIpc) is 2.75. The largest absolute Gasteiger partial charge is 0.504 e. The first-order valence-electron chi connectivity index (χ1n) is 9.10. The molecule has 0 radical (unpaired) electrons. The Morgan fingerprint density at radius 3 is 1.58 bits per heavy atom. The number of hydrogen-bond donors (Lipinski definition) is 2. The Hall–Kier alpha value is -4.07. The Balaban J connectivity index is 2.20. The van der Waals surface area contributed by atoms with Gasteiger partial charge in [0.2, 0.25) is 17.7 Å². The van der Waals surface area contributed by atoms with E-state index in [0.29, 0.717) is 11.1 Å². The van der Waals surface area contributed by atoms with Crippen LogP contribution in [0.1, 0.15) is 18.1 Å². The number of ketones is 2. The molecule has 2 rings (SSSR count). The minimum Gasteiger partial charge on any atom is -0.504 e. The van der Waals surface area contributed by atoms with Gasteiger partial charge in [-0.15, -0.1) is 0 Å². The maximum atomic E-state index is 12.5. The van der Waals surface area contributed by atoms with Crippen molar-refractivity contribution in [2.24, 2.45) is 0 Å². The van der Waals surface area contributed by atoms with Crippen LogP contribution in [0, 0.1) is 0 Å². The SMILES string of the molecule is COc1cc(/C=C/C(=O)C(OC(C)=O)C(=O)/C=C/c2ccc(O)c(OC)c2)ccc1O. The molecular formula is C23H22O8. The second kappa shape index (κ2) is 10.6. The molecule has 0 unspecified atom stereocenters. The molecular weight excluding hydrogens is 404 g/mol. The van der Waals surface area contributed by atoms with Gasteiger partial charge in [0.05, 0.1) is 14.2 Å². The fourth-order valence-electron chi connectivity index (χ4n) is 2.55. The van der Waals surface area contributed by atoms with E-state index in [1.807, 2.05) is 0 Å². The number of methoxy groups -OCH3 is 2. The summed E-state index contributed by atoms with van der Waals surface area (Å²) >= 11 is 0. The van der Waals surface area contributed by atoms with Gasteiger partial charge in [0, 0.05) is 6.92 Å². The van der Waals surface area contributed by atoms with Crippen LogP contribution >= 0.6 is 0 Å². The summed E-state index contributed by atoms with van der Waals surface area (Å²) in [5.74, 6) is -1.94. The van der Waals surface area contributed by atoms with E-state index in [0.717, 1.165) is 19.1 Å². The van der Waals surface area contributed by atoms with Crippen LogP contribution in [0.25, 0.3) is 12.2 Å². The molecule has 0 aliphatic heterocycles. The summed E-state index contributed by atoms with van der Waals surface area (Å²) < 4.78 is 14.9. The summed E-state index contributed by atoms with van der Waals surface area (Å²) in [6.45, 7) is 1.09. The molecule has 0 atom stereocenters. The van der Waals surface area contributed by atoms with Gasteiger partial charge in [-0.2, -0.15) is 0 Å². The number of hydrogen-bond acceptors (Lipinski definition) is 8. The Bertz CT molecular complexity index is 960. The average molecular weight is 426 g/mol. The fourth-order valence-corrected chi connectivity index (χ4v) is 2.55. The van der Waals surface area contributed by atoms with Gasteiger partial charge < -0.3 is 24.4 Å². The van der Waals surface area contributed by atoms with Crippen LogP contribution in [-0.4, -0.2) is 48.1 Å². The molecule has 0 saturated carbocycles. The van der Waals surface area contributed by atoms with E-state index < -0.39 is 23.6 Å². The van der Waals surface area contributed by atoms with Crippen molar-refractivity contribution in [2.75, 3.05) is 14.2 Å². The van der Waals surface area contributed by atoms with Gasteiger partial charge in [0.15, 0.2) is 23.0 Å². The number of ether oxygens (including phenoxy) is 3. The lowest BCUT2D eigenvalue weighted by atomic mass is 10.1. The summed E-state index contributed by atoms with van der Waals surface area (Å²) in [4.78, 5) is 36.4. The first kappa shape index (κ1) is 23.2. The van der Waals surface area contributed by atoms with E-state index in [-0.39, 0.29) is 23.0 Å². The number of phenols is 2. The maximum absolute atomic E-state index is 12.5. The molecule has 2 N–H and O–H groups in total. The van der Waals surface area contributed by atoms with Crippen LogP contribution < -0.4 is 9.47 Å². The van der Waals surface area contributed by atoms with E-state index in [1.165, 1.54) is 50.6 Å². The number of esters is 1. The molecule has 162 valence electrons. The van der Waals surface area contributed by atoms with Crippen molar-refractivity contribution >= 4 is 29.7 Å². The van der Waals surface area contributed by atoms with Crippen molar-refractivity contribution in [3.8, 4) is 23.0 Å². The van der Waals surface area contributed by atoms with Crippen LogP contribution in [-0.2, 0) is 19.1 Å². The third-order valence-corrected chi connectivity index (χ3v) is 4.09. The highest BCUT2D eigenvalue weighted by Crippen LogP contribution is 2.27. The number of benzene rings is 2. The number of phenolic OH excluding ortho intramolecular Hbond substituents is 2. The van der Waals surface area contributed by atoms with Crippen LogP contribution in [0.5, 0.6) is 23.0 Å². The lowest BCUT2D eigenvalue weighted by molar-refractivity contribution is -0.155. The van der Waals surface area contributed by atoms with Gasteiger partial charge in [0.25, 0.3) is 0 Å². The smallest absolute Gasteiger partial charge is 0.303 e. The number of carbonyl (C=O) groups is 3. The second-order valence-electron chi connectivity index (χ2n) is 6.32. The molecule has 0 aromatic heterocycles. The Kier molecular flexibility index (Phi) is 7.96. The number of aromatic hydroxyl groups is 2. The zero-order valence-electron chi connectivity index (χ0n) is 17.2. The monoisotopic (exact) mass is 426 g/mol. The van der Waals surface area contributed by atoms with Crippen molar-refractivity contribution in [1.82, 2.24) is 0 Å². The third kappa shape index (κ3) is 6.46. The molecule has 0 saturated heterocycles. The summed E-state index contributed by atoms with van der Waals surface area (Å²) in [6, 6.07) is 8.88. The molecule has 8 heteroatoms. The van der Waals surface area contributed by atoms with E-state index in [2.05, 4.69) is 0 Å². The number of carbonyl (C=O) groups excluding carboxylic acids is 3. The van der Waals surface area contributed by atoms with Crippen molar-refractivity contribution < 1.29 is 38.8 Å². The minimum atomic E-state index is -1.65. The molecule has 31 heavy (non-hydrogen) atoms. The van der Waals surface area contributed by atoms with Crippen molar-refractivity contribution in [2.45, 2.75) is 13.0 Å². The van der Waals surface area contributed by atoms with Crippen molar-refractivity contribution in [3.63, 3.8) is 0 Å². The van der Waals surface area contributed by atoms with Gasteiger partial charge in [-0.05, 0) is 47.5 Å². The molecule has 0 aliphatic carbocycles. The fraction of sp³-hybridized carbons (Fsp3) is 0.174. The number of rotatable bonds is 9. The first-order valence-corrected chi connectivity index (χ1v) is 9.10. The van der Waals surface area contributed by atoms with Gasteiger partial charge in [0.1, 0.15) is 0 Å². The molecule has 0 fully saturated rings. The van der Waals surface area contributed by atoms with Crippen LogP contribution in [0.2, 0.25) is 0 Å². The van der Waals surface area contributed by atoms with Gasteiger partial charge in [-0.1, -0.05) is 24.3 Å². The summed E-state index contributed by atoms with van der Waals surface area (Å²) in [6.07, 6.45) is 3.37. The van der Waals surface area contributed by atoms with Gasteiger partial charge >= 0.3 is 5.97 Å². The van der Waals surface area contributed by atoms with E-state index in [4.69, 9.17) is 14.2 Å². The second-order valence-corrected chi connectivity index (χ2v) is 6.32. The predicted molar refractivity (Wildman–Crippen MR) is 113 cm³/mol. The Labute approximate surface area is 179 Å². The van der Waals surface area contributed by atoms with Crippen molar-refractivity contribution in [3.05, 3.63) is 59.7 Å². The topological polar surface area (TPSA) is 119 Å². The minimum absolute atomic E-state index is 0.0602. The van der Waals surface area contributed by atoms with E-state index in [1.54, 1.807) is 12.1 Å². The maximum Gasteiger partial charge on any atom is 0.303 e. The van der Waals surface area contributed by atoms with Crippen LogP contribution in [0.15, 0.2) is 48.6 Å². The van der Waals surface area contributed by atoms with Crippen LogP contribution in [0.3, 0.4) is 0 Å². The molecule has 0 amide bonds. The highest BCUT2D eigenvalue weighted by Gasteiger charge is 2.26. The van der Waals surface area contributed by atoms with Crippen LogP contribution in [0.4, 0.5) is 0 Å². The highest BCUT2D eigenvalue weighted by molar-refractivity contribution is 6.16. The first-order chi connectivity index (χ1) is 14.7. The predicted octanol–water partition coefficient (Wildman–Crippen LogP) is 2.91. The van der Waals surface area contributed by atoms with E-state index in [9.17, 15) is 24.6 Å². The highest BCUT2D eigenvalue weighted by atomic mass is 16.5. The quantitative estimate of drug-likeness (QED) is 0.357. The molecule has 0 bridgehead atoms. The Morgan fingerprint density at radius 2 is 1.23 bits per heavy atom. The third-order valence-electron chi connectivity index (χ3n) is 4.09. The van der Waals surface area contributed by atoms with Gasteiger partial charge in [-0.25, -0.2) is 0 Å². The summed E-state index contributed by atoms with van der Waals surface area (Å²) in [7, 11) is 2.78. The standard InChI is InChI=1S/C23H22O8/c1-14(24)31-23(19(27)10-6-15-4-8-17(25)21(12-15)29-2)20(28)11-7-16-5-9-18(26)22(13-16)30-3/h4-13,23,25-26H,1-3H3/b10-6+,11-7+. The van der Waals surface area contributed by atoms with E-state index >= 15 is 0 Å². The molecule has 0 heterocycles. The summed E-state index contributed by atoms with van der Waals surface area (Å²) in [5.41, 5.74) is 1.06.